The topological polar surface area (TPSA) is 122 Å². The monoisotopic (exact) mass is 884 g/mol. The number of esters is 2. The van der Waals surface area contributed by atoms with Gasteiger partial charge in [0.2, 0.25) is 5.13 Å². The van der Waals surface area contributed by atoms with Gasteiger partial charge in [0.15, 0.2) is 0 Å². The second-order valence-electron chi connectivity index (χ2n) is 15.5. The molecule has 0 bridgehead atoms. The first-order chi connectivity index (χ1) is 31.5. The average molecular weight is 885 g/mol. The molecule has 2 heterocycles. The van der Waals surface area contributed by atoms with Gasteiger partial charge < -0.3 is 23.7 Å². The number of fused-ring (bicyclic) bond motifs is 2. The predicted molar refractivity (Wildman–Crippen MR) is 258 cm³/mol. The van der Waals surface area contributed by atoms with E-state index in [1.807, 2.05) is 47.5 Å². The molecule has 0 aliphatic carbocycles. The molecule has 0 N–H and O–H groups in total. The van der Waals surface area contributed by atoms with E-state index in [2.05, 4.69) is 18.5 Å². The number of carbonyl (C=O) groups excluding carboxylic acids is 2. The van der Waals surface area contributed by atoms with Gasteiger partial charge in [-0.25, -0.2) is 24.6 Å². The van der Waals surface area contributed by atoms with Crippen molar-refractivity contribution in [2.75, 3.05) is 38.5 Å². The van der Waals surface area contributed by atoms with E-state index in [9.17, 15) is 9.59 Å². The largest absolute Gasteiger partial charge is 0.494 e. The summed E-state index contributed by atoms with van der Waals surface area (Å²) < 4.78 is 29.4. The molecule has 0 saturated carbocycles. The minimum absolute atomic E-state index is 0.275. The standard InChI is InChI=1S/C52H60N4O7S/c1-4-6-8-10-11-18-35-60-42-28-24-39(25-29-42)50(57)62-47-37-41(38-54-56(33-16-9-7-5-2)52-55-46-23-20-32-53-49(46)64-52)48(45-22-15-14-21-44(45)47)63-51(58)40-26-30-43(31-27-40)61-36-19-13-12-17-34-59-3/h4,14-15,20-32,37-38H,1,5-13,16-19,33-36H2,2-3H3/b54-38+. The fraction of sp³-hybridized carbons (Fsp3) is 0.365. The maximum Gasteiger partial charge on any atom is 0.343 e. The molecule has 0 fully saturated rings. The molecule has 0 amide bonds. The molecule has 0 saturated heterocycles. The maximum atomic E-state index is 13.9. The quantitative estimate of drug-likeness (QED) is 0.0118. The van der Waals surface area contributed by atoms with Crippen molar-refractivity contribution < 1.29 is 33.3 Å². The summed E-state index contributed by atoms with van der Waals surface area (Å²) in [5, 5.41) is 8.67. The molecule has 2 aromatic heterocycles. The van der Waals surface area contributed by atoms with E-state index in [1.54, 1.807) is 74.1 Å². The molecular weight excluding hydrogens is 825 g/mol. The predicted octanol–water partition coefficient (Wildman–Crippen LogP) is 12.8. The number of nitrogens with zero attached hydrogens (tertiary/aromatic N) is 4. The minimum Gasteiger partial charge on any atom is -0.494 e. The molecule has 0 aliphatic heterocycles. The van der Waals surface area contributed by atoms with Gasteiger partial charge in [0, 0.05) is 42.8 Å². The van der Waals surface area contributed by atoms with Gasteiger partial charge in [-0.3, -0.25) is 0 Å². The zero-order chi connectivity index (χ0) is 44.8. The number of thiazole rings is 1. The first-order valence-corrected chi connectivity index (χ1v) is 23.4. The molecular formula is C52H60N4O7S. The number of anilines is 1. The van der Waals surface area contributed by atoms with Crippen molar-refractivity contribution in [2.45, 2.75) is 90.4 Å². The Balaban J connectivity index is 1.26. The molecule has 4 aromatic carbocycles. The van der Waals surface area contributed by atoms with Crippen molar-refractivity contribution in [1.29, 1.82) is 0 Å². The van der Waals surface area contributed by atoms with E-state index < -0.39 is 11.9 Å². The molecule has 6 aromatic rings. The third kappa shape index (κ3) is 14.2. The van der Waals surface area contributed by atoms with Gasteiger partial charge in [0.05, 0.1) is 30.6 Å². The van der Waals surface area contributed by atoms with Crippen LogP contribution in [0.3, 0.4) is 0 Å². The number of unbranched alkanes of at least 4 members (excludes halogenated alkanes) is 10. The minimum atomic E-state index is -0.557. The first-order valence-electron chi connectivity index (χ1n) is 22.6. The molecule has 336 valence electrons. The highest BCUT2D eigenvalue weighted by atomic mass is 32.1. The van der Waals surface area contributed by atoms with Crippen LogP contribution in [-0.2, 0) is 4.74 Å². The Bertz CT molecular complexity index is 2380. The van der Waals surface area contributed by atoms with E-state index in [0.29, 0.717) is 63.9 Å². The number of methoxy groups -OCH3 is 1. The number of hydrogen-bond acceptors (Lipinski definition) is 12. The highest BCUT2D eigenvalue weighted by molar-refractivity contribution is 7.21. The fourth-order valence-electron chi connectivity index (χ4n) is 7.03. The third-order valence-electron chi connectivity index (χ3n) is 10.6. The summed E-state index contributed by atoms with van der Waals surface area (Å²) >= 11 is 1.46. The molecule has 0 radical (unpaired) electrons. The number of rotatable bonds is 28. The lowest BCUT2D eigenvalue weighted by molar-refractivity contribution is 0.0722. The van der Waals surface area contributed by atoms with Gasteiger partial charge in [-0.05, 0) is 112 Å². The Morgan fingerprint density at radius 2 is 1.34 bits per heavy atom. The van der Waals surface area contributed by atoms with Crippen LogP contribution in [0.1, 0.15) is 117 Å². The van der Waals surface area contributed by atoms with Crippen LogP contribution in [-0.4, -0.2) is 61.6 Å². The molecule has 0 aliphatic rings. The number of hydrogen-bond donors (Lipinski definition) is 0. The van der Waals surface area contributed by atoms with Gasteiger partial charge in [-0.15, -0.1) is 6.58 Å². The zero-order valence-electron chi connectivity index (χ0n) is 37.2. The fourth-order valence-corrected chi connectivity index (χ4v) is 7.93. The van der Waals surface area contributed by atoms with Crippen molar-refractivity contribution in [3.8, 4) is 23.0 Å². The lowest BCUT2D eigenvalue weighted by Gasteiger charge is -2.17. The number of pyridine rings is 1. The highest BCUT2D eigenvalue weighted by Crippen LogP contribution is 2.38. The Hall–Kier alpha value is -6.11. The summed E-state index contributed by atoms with van der Waals surface area (Å²) in [4.78, 5) is 37.9. The number of hydrazone groups is 1. The van der Waals surface area contributed by atoms with Crippen LogP contribution < -0.4 is 24.0 Å². The number of aromatic nitrogens is 2. The van der Waals surface area contributed by atoms with Crippen LogP contribution in [0, 0.1) is 0 Å². The maximum absolute atomic E-state index is 13.9. The van der Waals surface area contributed by atoms with Crippen LogP contribution in [0.5, 0.6) is 23.0 Å². The number of carbonyl (C=O) groups is 2. The van der Waals surface area contributed by atoms with E-state index in [4.69, 9.17) is 33.8 Å². The van der Waals surface area contributed by atoms with Crippen LogP contribution in [0.4, 0.5) is 5.13 Å². The van der Waals surface area contributed by atoms with Crippen molar-refractivity contribution in [1.82, 2.24) is 9.97 Å². The van der Waals surface area contributed by atoms with Gasteiger partial charge in [0.1, 0.15) is 33.3 Å². The second kappa shape index (κ2) is 25.9. The highest BCUT2D eigenvalue weighted by Gasteiger charge is 2.21. The molecule has 64 heavy (non-hydrogen) atoms. The van der Waals surface area contributed by atoms with Crippen molar-refractivity contribution in [2.24, 2.45) is 5.10 Å². The molecule has 0 unspecified atom stereocenters. The molecule has 11 nitrogen and oxygen atoms in total. The van der Waals surface area contributed by atoms with E-state index in [0.717, 1.165) is 100 Å². The van der Waals surface area contributed by atoms with E-state index in [1.165, 1.54) is 11.3 Å². The summed E-state index contributed by atoms with van der Waals surface area (Å²) in [5.74, 6) is 0.828. The van der Waals surface area contributed by atoms with Crippen LogP contribution in [0.15, 0.2) is 115 Å². The average Bonchev–Trinajstić information content (AvgIpc) is 3.76. The number of ether oxygens (including phenoxy) is 5. The molecule has 0 spiro atoms. The smallest absolute Gasteiger partial charge is 0.343 e. The van der Waals surface area contributed by atoms with Gasteiger partial charge in [0.25, 0.3) is 0 Å². The van der Waals surface area contributed by atoms with Crippen LogP contribution in [0.2, 0.25) is 0 Å². The lowest BCUT2D eigenvalue weighted by atomic mass is 10.0. The first kappa shape index (κ1) is 47.4. The Labute approximate surface area is 381 Å². The van der Waals surface area contributed by atoms with Crippen molar-refractivity contribution >= 4 is 55.7 Å². The van der Waals surface area contributed by atoms with Crippen LogP contribution in [0.25, 0.3) is 21.1 Å². The Kier molecular flexibility index (Phi) is 19.1. The molecule has 6 rings (SSSR count). The summed E-state index contributed by atoms with van der Waals surface area (Å²) in [7, 11) is 1.72. The lowest BCUT2D eigenvalue weighted by Crippen LogP contribution is -2.18. The zero-order valence-corrected chi connectivity index (χ0v) is 38.0. The van der Waals surface area contributed by atoms with Crippen molar-refractivity contribution in [3.05, 3.63) is 127 Å². The number of benzene rings is 4. The Morgan fingerprint density at radius 3 is 1.98 bits per heavy atom. The molecule has 0 atom stereocenters. The van der Waals surface area contributed by atoms with Gasteiger partial charge in [-0.2, -0.15) is 5.10 Å². The van der Waals surface area contributed by atoms with Crippen molar-refractivity contribution in [3.63, 3.8) is 0 Å². The summed E-state index contributed by atoms with van der Waals surface area (Å²) in [6, 6.07) is 26.8. The third-order valence-corrected chi connectivity index (χ3v) is 11.6. The second-order valence-corrected chi connectivity index (χ2v) is 16.5. The summed E-state index contributed by atoms with van der Waals surface area (Å²) in [6.45, 7) is 8.53. The Morgan fingerprint density at radius 1 is 0.719 bits per heavy atom. The van der Waals surface area contributed by atoms with Crippen LogP contribution >= 0.6 is 11.3 Å². The number of allylic oxidation sites excluding steroid dienone is 1. The normalized spacial score (nSPS) is 11.3. The summed E-state index contributed by atoms with van der Waals surface area (Å²) in [6.07, 6.45) is 18.9. The van der Waals surface area contributed by atoms with Gasteiger partial charge in [-0.1, -0.05) is 87.1 Å². The van der Waals surface area contributed by atoms with Gasteiger partial charge >= 0.3 is 11.9 Å². The SMILES string of the molecule is C=CCCCCCCOc1ccc(C(=O)Oc2cc(/C=N/N(CCCCCC)c3nc4cccnc4s3)c(OC(=O)c3ccc(OCCCCCCOC)cc3)c3ccccc23)cc1. The van der Waals surface area contributed by atoms with E-state index in [-0.39, 0.29) is 11.5 Å². The molecule has 12 heteroatoms. The summed E-state index contributed by atoms with van der Waals surface area (Å²) in [5.41, 5.74) is 1.94. The van der Waals surface area contributed by atoms with E-state index >= 15 is 0 Å².